The molecule has 8 heteroatoms. The number of carbonyl (C=O) groups is 1. The first-order valence-electron chi connectivity index (χ1n) is 9.29. The Bertz CT molecular complexity index is 968. The maximum absolute atomic E-state index is 13.1. The third-order valence-electron chi connectivity index (χ3n) is 5.33. The van der Waals surface area contributed by atoms with E-state index >= 15 is 0 Å². The van der Waals surface area contributed by atoms with Crippen LogP contribution in [0, 0.1) is 5.92 Å². The standard InChI is InChI=1S/C21H21ClN2O4S/c1-4-27-19(25)16-17-14-6-5-7-15(26-3)18(14)28-21(16,2)24(20(29)23-17)13-10-8-12(22)9-11-13/h5-11,16-17H,4H2,1-3H3,(H,23,29)/t16-,17-,21-/m0/s1. The van der Waals surface area contributed by atoms with Crippen LogP contribution < -0.4 is 19.7 Å². The van der Waals surface area contributed by atoms with E-state index in [-0.39, 0.29) is 12.6 Å². The quantitative estimate of drug-likeness (QED) is 0.577. The van der Waals surface area contributed by atoms with Gasteiger partial charge in [0.1, 0.15) is 5.92 Å². The van der Waals surface area contributed by atoms with Crippen molar-refractivity contribution in [2.45, 2.75) is 25.6 Å². The number of hydrogen-bond donors (Lipinski definition) is 1. The number of rotatable bonds is 4. The molecule has 0 radical (unpaired) electrons. The van der Waals surface area contributed by atoms with Crippen LogP contribution in [-0.2, 0) is 9.53 Å². The molecule has 1 N–H and O–H groups in total. The van der Waals surface area contributed by atoms with E-state index in [2.05, 4.69) is 5.32 Å². The number of nitrogens with one attached hydrogen (secondary N) is 1. The molecule has 29 heavy (non-hydrogen) atoms. The van der Waals surface area contributed by atoms with Gasteiger partial charge in [0.15, 0.2) is 16.6 Å². The summed E-state index contributed by atoms with van der Waals surface area (Å²) in [6.07, 6.45) is 0. The lowest BCUT2D eigenvalue weighted by Gasteiger charge is -2.55. The van der Waals surface area contributed by atoms with Gasteiger partial charge in [-0.15, -0.1) is 0 Å². The molecular formula is C21H21ClN2O4S. The highest BCUT2D eigenvalue weighted by atomic mass is 35.5. The Morgan fingerprint density at radius 2 is 2.03 bits per heavy atom. The number of methoxy groups -OCH3 is 1. The van der Waals surface area contributed by atoms with Crippen LogP contribution in [-0.4, -0.2) is 30.5 Å². The van der Waals surface area contributed by atoms with Crippen LogP contribution in [0.1, 0.15) is 25.5 Å². The fourth-order valence-electron chi connectivity index (χ4n) is 4.10. The molecule has 6 nitrogen and oxygen atoms in total. The number of halogens is 1. The summed E-state index contributed by atoms with van der Waals surface area (Å²) in [6, 6.07) is 12.4. The van der Waals surface area contributed by atoms with Gasteiger partial charge >= 0.3 is 5.97 Å². The number of carbonyl (C=O) groups excluding carboxylic acids is 1. The molecule has 2 heterocycles. The molecular weight excluding hydrogens is 412 g/mol. The smallest absolute Gasteiger partial charge is 0.317 e. The minimum Gasteiger partial charge on any atom is -0.493 e. The number of benzene rings is 2. The lowest BCUT2D eigenvalue weighted by Crippen LogP contribution is -2.71. The summed E-state index contributed by atoms with van der Waals surface area (Å²) in [4.78, 5) is 14.9. The fourth-order valence-corrected chi connectivity index (χ4v) is 4.64. The summed E-state index contributed by atoms with van der Waals surface area (Å²) in [5.74, 6) is 0.149. The molecule has 4 rings (SSSR count). The molecule has 1 saturated heterocycles. The SMILES string of the molecule is CCOC(=O)[C@@H]1[C@H]2NC(=S)N(c3ccc(Cl)cc3)[C@@]1(C)Oc1c(OC)cccc12. The molecule has 2 aromatic rings. The molecule has 0 spiro atoms. The van der Waals surface area contributed by atoms with Crippen LogP contribution in [0.25, 0.3) is 0 Å². The molecule has 2 aliphatic rings. The number of nitrogens with zero attached hydrogens (tertiary/aromatic N) is 1. The van der Waals surface area contributed by atoms with Crippen molar-refractivity contribution in [1.29, 1.82) is 0 Å². The average Bonchev–Trinajstić information content (AvgIpc) is 2.68. The second-order valence-electron chi connectivity index (χ2n) is 7.00. The van der Waals surface area contributed by atoms with Gasteiger partial charge in [-0.2, -0.15) is 0 Å². The maximum atomic E-state index is 13.1. The molecule has 2 aliphatic heterocycles. The highest BCUT2D eigenvalue weighted by molar-refractivity contribution is 7.80. The first-order valence-corrected chi connectivity index (χ1v) is 10.1. The summed E-state index contributed by atoms with van der Waals surface area (Å²) in [5.41, 5.74) is 0.424. The van der Waals surface area contributed by atoms with Crippen LogP contribution in [0.3, 0.4) is 0 Å². The molecule has 1 fully saturated rings. The number of ether oxygens (including phenoxy) is 3. The van der Waals surface area contributed by atoms with E-state index < -0.39 is 17.7 Å². The number of anilines is 1. The normalized spacial score (nSPS) is 24.8. The number of thiocarbonyl (C=S) groups is 1. The molecule has 0 amide bonds. The van der Waals surface area contributed by atoms with E-state index in [1.54, 1.807) is 31.1 Å². The molecule has 3 atom stereocenters. The number of hydrogen-bond acceptors (Lipinski definition) is 5. The third-order valence-corrected chi connectivity index (χ3v) is 5.89. The van der Waals surface area contributed by atoms with E-state index in [1.807, 2.05) is 37.3 Å². The van der Waals surface area contributed by atoms with Gasteiger partial charge < -0.3 is 19.5 Å². The first kappa shape index (κ1) is 19.8. The third kappa shape index (κ3) is 3.09. The van der Waals surface area contributed by atoms with Crippen LogP contribution in [0.2, 0.25) is 5.02 Å². The van der Waals surface area contributed by atoms with Crippen molar-refractivity contribution in [2.24, 2.45) is 5.92 Å². The highest BCUT2D eigenvalue weighted by Crippen LogP contribution is 2.52. The largest absolute Gasteiger partial charge is 0.493 e. The molecule has 0 unspecified atom stereocenters. The van der Waals surface area contributed by atoms with Crippen molar-refractivity contribution < 1.29 is 19.0 Å². The number of esters is 1. The molecule has 0 aromatic heterocycles. The van der Waals surface area contributed by atoms with Crippen LogP contribution >= 0.6 is 23.8 Å². The Morgan fingerprint density at radius 3 is 2.69 bits per heavy atom. The summed E-state index contributed by atoms with van der Waals surface area (Å²) in [5, 5.41) is 4.38. The zero-order chi connectivity index (χ0) is 20.8. The van der Waals surface area contributed by atoms with Crippen LogP contribution in [0.15, 0.2) is 42.5 Å². The van der Waals surface area contributed by atoms with Crippen molar-refractivity contribution in [3.05, 3.63) is 53.1 Å². The summed E-state index contributed by atoms with van der Waals surface area (Å²) >= 11 is 11.7. The van der Waals surface area contributed by atoms with E-state index in [4.69, 9.17) is 38.0 Å². The van der Waals surface area contributed by atoms with Gasteiger partial charge in [0.05, 0.1) is 19.8 Å². The van der Waals surface area contributed by atoms with Gasteiger partial charge in [0.25, 0.3) is 0 Å². The van der Waals surface area contributed by atoms with E-state index in [9.17, 15) is 4.79 Å². The molecule has 0 aliphatic carbocycles. The lowest BCUT2D eigenvalue weighted by molar-refractivity contribution is -0.159. The first-order chi connectivity index (χ1) is 13.9. The van der Waals surface area contributed by atoms with Crippen LogP contribution in [0.5, 0.6) is 11.5 Å². The Balaban J connectivity index is 1.91. The zero-order valence-electron chi connectivity index (χ0n) is 16.3. The second-order valence-corrected chi connectivity index (χ2v) is 7.83. The molecule has 0 saturated carbocycles. The van der Waals surface area contributed by atoms with E-state index in [0.29, 0.717) is 21.6 Å². The van der Waals surface area contributed by atoms with Gasteiger partial charge in [-0.05, 0) is 56.4 Å². The van der Waals surface area contributed by atoms with Gasteiger partial charge in [0, 0.05) is 16.3 Å². The van der Waals surface area contributed by atoms with Gasteiger partial charge in [-0.3, -0.25) is 9.69 Å². The van der Waals surface area contributed by atoms with Crippen LogP contribution in [0.4, 0.5) is 5.69 Å². The monoisotopic (exact) mass is 432 g/mol. The van der Waals surface area contributed by atoms with Crippen molar-refractivity contribution in [3.8, 4) is 11.5 Å². The minimum absolute atomic E-state index is 0.272. The van der Waals surface area contributed by atoms with Gasteiger partial charge in [-0.25, -0.2) is 0 Å². The topological polar surface area (TPSA) is 60.0 Å². The minimum atomic E-state index is -1.13. The molecule has 2 aromatic carbocycles. The zero-order valence-corrected chi connectivity index (χ0v) is 17.8. The lowest BCUT2D eigenvalue weighted by atomic mass is 9.79. The summed E-state index contributed by atoms with van der Waals surface area (Å²) in [6.45, 7) is 3.90. The molecule has 2 bridgehead atoms. The second kappa shape index (κ2) is 7.39. The number of fused-ring (bicyclic) bond motifs is 4. The summed E-state index contributed by atoms with van der Waals surface area (Å²) < 4.78 is 17.4. The fraction of sp³-hybridized carbons (Fsp3) is 0.333. The predicted octanol–water partition coefficient (Wildman–Crippen LogP) is 4.07. The Morgan fingerprint density at radius 1 is 1.31 bits per heavy atom. The Hall–Kier alpha value is -2.51. The van der Waals surface area contributed by atoms with Gasteiger partial charge in [-0.1, -0.05) is 23.7 Å². The van der Waals surface area contributed by atoms with E-state index in [0.717, 1.165) is 11.3 Å². The van der Waals surface area contributed by atoms with Crippen molar-refractivity contribution in [3.63, 3.8) is 0 Å². The van der Waals surface area contributed by atoms with Crippen molar-refractivity contribution in [2.75, 3.05) is 18.6 Å². The van der Waals surface area contributed by atoms with Crippen molar-refractivity contribution in [1.82, 2.24) is 5.32 Å². The number of para-hydroxylation sites is 1. The Kier molecular flexibility index (Phi) is 5.04. The predicted molar refractivity (Wildman–Crippen MR) is 115 cm³/mol. The highest BCUT2D eigenvalue weighted by Gasteiger charge is 2.60. The Labute approximate surface area is 179 Å². The molecule has 152 valence electrons. The van der Waals surface area contributed by atoms with Gasteiger partial charge in [0.2, 0.25) is 5.72 Å². The summed E-state index contributed by atoms with van der Waals surface area (Å²) in [7, 11) is 1.59. The van der Waals surface area contributed by atoms with Crippen molar-refractivity contribution >= 4 is 40.6 Å². The van der Waals surface area contributed by atoms with E-state index in [1.165, 1.54) is 0 Å². The maximum Gasteiger partial charge on any atom is 0.317 e. The average molecular weight is 433 g/mol.